The molecule has 2 aliphatic heterocycles. The summed E-state index contributed by atoms with van der Waals surface area (Å²) in [5.74, 6) is -2.39. The maximum Gasteiger partial charge on any atom is 0.417 e. The van der Waals surface area contributed by atoms with Gasteiger partial charge in [-0.3, -0.25) is 14.5 Å². The molecule has 2 aliphatic rings. The Bertz CT molecular complexity index is 1680. The van der Waals surface area contributed by atoms with Crippen LogP contribution in [-0.2, 0) is 6.18 Å². The number of nitrogens with zero attached hydrogens (tertiary/aromatic N) is 5. The van der Waals surface area contributed by atoms with Crippen molar-refractivity contribution in [3.63, 3.8) is 0 Å². The van der Waals surface area contributed by atoms with E-state index in [0.717, 1.165) is 6.07 Å². The van der Waals surface area contributed by atoms with Crippen LogP contribution in [0.2, 0.25) is 0 Å². The summed E-state index contributed by atoms with van der Waals surface area (Å²) in [5.41, 5.74) is -3.97. The number of pyridine rings is 1. The molecule has 0 spiro atoms. The van der Waals surface area contributed by atoms with Gasteiger partial charge in [0.15, 0.2) is 5.82 Å². The van der Waals surface area contributed by atoms with E-state index in [9.17, 15) is 22.8 Å². The van der Waals surface area contributed by atoms with Gasteiger partial charge in [-0.1, -0.05) is 6.08 Å². The summed E-state index contributed by atoms with van der Waals surface area (Å²) in [5, 5.41) is 2.29. The summed E-state index contributed by atoms with van der Waals surface area (Å²) in [6, 6.07) is 2.93. The molecule has 0 bridgehead atoms. The number of carbonyl (C=O) groups is 1. The minimum absolute atomic E-state index is 0.00185. The van der Waals surface area contributed by atoms with Crippen LogP contribution >= 0.6 is 0 Å². The highest BCUT2D eigenvalue weighted by Crippen LogP contribution is 2.40. The quantitative estimate of drug-likeness (QED) is 0.381. The van der Waals surface area contributed by atoms with Crippen LogP contribution in [-0.4, -0.2) is 78.2 Å². The summed E-state index contributed by atoms with van der Waals surface area (Å²) in [6.45, 7) is 5.14. The van der Waals surface area contributed by atoms with E-state index in [1.54, 1.807) is 17.0 Å². The molecule has 15 heteroatoms. The molecule has 10 nitrogen and oxygen atoms in total. The summed E-state index contributed by atoms with van der Waals surface area (Å²) < 4.78 is 78.8. The Hall–Kier alpha value is -4.53. The smallest absolute Gasteiger partial charge is 0.417 e. The number of hydrogen-bond acceptors (Lipinski definition) is 8. The number of piperazine rings is 1. The summed E-state index contributed by atoms with van der Waals surface area (Å²) in [6.07, 6.45) is -1.23. The number of rotatable bonds is 6. The molecule has 1 saturated heterocycles. The summed E-state index contributed by atoms with van der Waals surface area (Å²) >= 11 is 0. The molecule has 5 rings (SSSR count). The molecule has 0 radical (unpaired) electrons. The lowest BCUT2D eigenvalue weighted by Gasteiger charge is -2.44. The lowest BCUT2D eigenvalue weighted by atomic mass is 9.96. The van der Waals surface area contributed by atoms with Crippen molar-refractivity contribution in [3.05, 3.63) is 75.5 Å². The molecule has 0 aliphatic carbocycles. The fourth-order valence-electron chi connectivity index (χ4n) is 5.66. The number of anilines is 3. The zero-order valence-electron chi connectivity index (χ0n) is 25.0. The van der Waals surface area contributed by atoms with E-state index in [1.165, 1.54) is 13.4 Å². The second kappa shape index (κ2) is 12.5. The van der Waals surface area contributed by atoms with E-state index in [4.69, 9.17) is 4.74 Å². The Morgan fingerprint density at radius 2 is 1.80 bits per heavy atom. The van der Waals surface area contributed by atoms with Gasteiger partial charge in [-0.2, -0.15) is 13.2 Å². The number of aromatic nitrogens is 3. The van der Waals surface area contributed by atoms with E-state index in [1.807, 2.05) is 25.8 Å². The number of amides is 1. The lowest BCUT2D eigenvalue weighted by molar-refractivity contribution is -0.138. The molecule has 1 aromatic carbocycles. The highest BCUT2D eigenvalue weighted by Gasteiger charge is 2.37. The lowest BCUT2D eigenvalue weighted by Crippen LogP contribution is -2.55. The van der Waals surface area contributed by atoms with Crippen LogP contribution in [0.25, 0.3) is 5.57 Å². The Morgan fingerprint density at radius 3 is 2.42 bits per heavy atom. The normalized spacial score (nSPS) is 19.4. The number of nitrogens with one attached hydrogen (secondary N) is 2. The van der Waals surface area contributed by atoms with Gasteiger partial charge in [0.05, 0.1) is 29.5 Å². The molecule has 2 aromatic heterocycles. The summed E-state index contributed by atoms with van der Waals surface area (Å²) in [7, 11) is 3.39. The van der Waals surface area contributed by atoms with E-state index < -0.39 is 46.1 Å². The number of H-pyrrole nitrogens is 1. The van der Waals surface area contributed by atoms with Crippen LogP contribution in [0, 0.1) is 11.6 Å². The zero-order chi connectivity index (χ0) is 32.6. The second-order valence-corrected chi connectivity index (χ2v) is 11.1. The third-order valence-corrected chi connectivity index (χ3v) is 8.30. The van der Waals surface area contributed by atoms with Gasteiger partial charge < -0.3 is 24.8 Å². The van der Waals surface area contributed by atoms with Crippen molar-refractivity contribution in [2.24, 2.45) is 0 Å². The first kappa shape index (κ1) is 31.9. The molecule has 0 unspecified atom stereocenters. The highest BCUT2D eigenvalue weighted by molar-refractivity contribution is 6.07. The predicted molar refractivity (Wildman–Crippen MR) is 159 cm³/mol. The van der Waals surface area contributed by atoms with Gasteiger partial charge >= 0.3 is 6.18 Å². The van der Waals surface area contributed by atoms with Crippen LogP contribution in [0.5, 0.6) is 5.88 Å². The van der Waals surface area contributed by atoms with E-state index >= 15 is 8.78 Å². The average molecular weight is 634 g/mol. The van der Waals surface area contributed by atoms with Crippen molar-refractivity contribution in [2.45, 2.75) is 38.5 Å². The largest absolute Gasteiger partial charge is 0.481 e. The topological polar surface area (TPSA) is 107 Å². The molecule has 1 fully saturated rings. The monoisotopic (exact) mass is 633 g/mol. The van der Waals surface area contributed by atoms with Crippen molar-refractivity contribution < 1.29 is 31.5 Å². The van der Waals surface area contributed by atoms with Gasteiger partial charge in [0.1, 0.15) is 23.6 Å². The third-order valence-electron chi connectivity index (χ3n) is 8.30. The predicted octanol–water partition coefficient (Wildman–Crippen LogP) is 4.55. The fraction of sp³-hybridized carbons (Fsp3) is 0.400. The van der Waals surface area contributed by atoms with Crippen molar-refractivity contribution in [1.82, 2.24) is 19.9 Å². The van der Waals surface area contributed by atoms with Crippen LogP contribution in [0.4, 0.5) is 39.1 Å². The number of alkyl halides is 3. The minimum atomic E-state index is -5.04. The number of hydrogen-bond donors (Lipinski definition) is 2. The van der Waals surface area contributed by atoms with Crippen molar-refractivity contribution in [2.75, 3.05) is 55.5 Å². The van der Waals surface area contributed by atoms with Crippen molar-refractivity contribution >= 4 is 28.7 Å². The molecule has 1 amide bonds. The molecule has 240 valence electrons. The zero-order valence-corrected chi connectivity index (χ0v) is 25.0. The maximum absolute atomic E-state index is 16.5. The maximum atomic E-state index is 16.5. The molecule has 3 aromatic rings. The molecule has 4 heterocycles. The minimum Gasteiger partial charge on any atom is -0.481 e. The second-order valence-electron chi connectivity index (χ2n) is 11.1. The van der Waals surface area contributed by atoms with E-state index in [-0.39, 0.29) is 42.4 Å². The highest BCUT2D eigenvalue weighted by atomic mass is 19.4. The number of ether oxygens (including phenoxy) is 1. The molecule has 45 heavy (non-hydrogen) atoms. The average Bonchev–Trinajstić information content (AvgIpc) is 3.00. The Kier molecular flexibility index (Phi) is 8.83. The van der Waals surface area contributed by atoms with Gasteiger partial charge in [0.2, 0.25) is 11.4 Å². The molecule has 2 atom stereocenters. The number of halogens is 5. The molecular formula is C30H32F5N7O3. The first-order valence-corrected chi connectivity index (χ1v) is 14.2. The van der Waals surface area contributed by atoms with Crippen LogP contribution in [0.1, 0.15) is 41.8 Å². The van der Waals surface area contributed by atoms with E-state index in [2.05, 4.69) is 25.2 Å². The Balaban J connectivity index is 1.56. The molecule has 0 saturated carbocycles. The van der Waals surface area contributed by atoms with Crippen LogP contribution in [0.15, 0.2) is 41.6 Å². The molecule has 2 N–H and O–H groups in total. The van der Waals surface area contributed by atoms with Crippen molar-refractivity contribution in [3.8, 4) is 5.88 Å². The van der Waals surface area contributed by atoms with Gasteiger partial charge in [0.25, 0.3) is 5.91 Å². The standard InChI is InChI=1S/C30H32F5N7O3/c1-16-13-42(14-17(2)40(16)3)22-10-21(31)26(18-5-7-41(8-6-18)23-11-25(45-4)38-15-37-23)27(32)28(22)39-29(44)19-12-36-24(43)9-20(19)30(33,34)35/h5,9-12,15-17H,6-8,13-14H2,1-4H3,(H,36,43)(H,39,44)/t16-,17+. The van der Waals surface area contributed by atoms with Crippen LogP contribution in [0.3, 0.4) is 0 Å². The number of benzene rings is 1. The fourth-order valence-corrected chi connectivity index (χ4v) is 5.66. The molecular weight excluding hydrogens is 601 g/mol. The van der Waals surface area contributed by atoms with Gasteiger partial charge in [0, 0.05) is 62.7 Å². The van der Waals surface area contributed by atoms with Gasteiger partial charge in [-0.15, -0.1) is 0 Å². The Morgan fingerprint density at radius 1 is 1.09 bits per heavy atom. The Labute approximate surface area is 255 Å². The van der Waals surface area contributed by atoms with Crippen molar-refractivity contribution in [1.29, 1.82) is 0 Å². The number of aromatic amines is 1. The number of carbonyl (C=O) groups excluding carboxylic acids is 1. The van der Waals surface area contributed by atoms with Gasteiger partial charge in [-0.25, -0.2) is 18.7 Å². The number of likely N-dealkylation sites (N-methyl/N-ethyl adjacent to an activating group) is 1. The SMILES string of the molecule is COc1cc(N2CC=C(c3c(F)cc(N4C[C@@H](C)N(C)[C@@H](C)C4)c(NC(=O)c4c[nH]c(=O)cc4C(F)(F)F)c3F)CC2)ncn1. The number of methoxy groups -OCH3 is 1. The van der Waals surface area contributed by atoms with Gasteiger partial charge in [-0.05, 0) is 32.9 Å². The first-order chi connectivity index (χ1) is 21.3. The summed E-state index contributed by atoms with van der Waals surface area (Å²) in [4.78, 5) is 40.9. The third kappa shape index (κ3) is 6.48. The van der Waals surface area contributed by atoms with E-state index in [0.29, 0.717) is 43.1 Å². The van der Waals surface area contributed by atoms with Crippen LogP contribution < -0.4 is 25.4 Å². The first-order valence-electron chi connectivity index (χ1n) is 14.2.